The van der Waals surface area contributed by atoms with Gasteiger partial charge in [-0.25, -0.2) is 0 Å². The predicted molar refractivity (Wildman–Crippen MR) is 41.4 cm³/mol. The zero-order valence-electron chi connectivity index (χ0n) is 6.49. The lowest BCUT2D eigenvalue weighted by molar-refractivity contribution is 0.449. The SMILES string of the molecule is CCC(C)C(N)CN=[N+]=[N-]. The van der Waals surface area contributed by atoms with Crippen LogP contribution in [0.25, 0.3) is 10.4 Å². The van der Waals surface area contributed by atoms with E-state index >= 15 is 0 Å². The van der Waals surface area contributed by atoms with Crippen molar-refractivity contribution >= 4 is 0 Å². The Balaban J connectivity index is 3.60. The standard InChI is InChI=1S/C6H14N4/c1-3-5(2)6(7)4-9-10-8/h5-6H,3-4,7H2,1-2H3. The van der Waals surface area contributed by atoms with E-state index in [0.717, 1.165) is 6.42 Å². The molecular formula is C6H14N4. The van der Waals surface area contributed by atoms with E-state index in [0.29, 0.717) is 12.5 Å². The first kappa shape index (κ1) is 9.27. The molecule has 0 amide bonds. The second-order valence-electron chi connectivity index (χ2n) is 2.46. The van der Waals surface area contributed by atoms with Crippen molar-refractivity contribution in [2.45, 2.75) is 26.3 Å². The van der Waals surface area contributed by atoms with Gasteiger partial charge in [0.25, 0.3) is 0 Å². The Hall–Kier alpha value is -0.730. The van der Waals surface area contributed by atoms with Gasteiger partial charge in [0.1, 0.15) is 0 Å². The second-order valence-corrected chi connectivity index (χ2v) is 2.46. The summed E-state index contributed by atoms with van der Waals surface area (Å²) in [6.07, 6.45) is 1.03. The summed E-state index contributed by atoms with van der Waals surface area (Å²) in [5, 5.41) is 3.40. The van der Waals surface area contributed by atoms with E-state index in [4.69, 9.17) is 11.3 Å². The minimum atomic E-state index is 0.0147. The summed E-state index contributed by atoms with van der Waals surface area (Å²) in [4.78, 5) is 2.64. The molecule has 10 heavy (non-hydrogen) atoms. The molecule has 0 aliphatic heterocycles. The van der Waals surface area contributed by atoms with E-state index in [-0.39, 0.29) is 6.04 Å². The molecular weight excluding hydrogens is 128 g/mol. The first-order chi connectivity index (χ1) is 4.72. The highest BCUT2D eigenvalue weighted by molar-refractivity contribution is 4.70. The average molecular weight is 142 g/mol. The van der Waals surface area contributed by atoms with Crippen LogP contribution >= 0.6 is 0 Å². The Kier molecular flexibility index (Phi) is 4.72. The van der Waals surface area contributed by atoms with Gasteiger partial charge < -0.3 is 5.73 Å². The molecule has 0 rings (SSSR count). The molecule has 0 fully saturated rings. The van der Waals surface area contributed by atoms with Crippen molar-refractivity contribution in [3.8, 4) is 0 Å². The number of nitrogens with zero attached hydrogens (tertiary/aromatic N) is 3. The fraction of sp³-hybridized carbons (Fsp3) is 1.00. The summed E-state index contributed by atoms with van der Waals surface area (Å²) >= 11 is 0. The number of azide groups is 1. The normalized spacial score (nSPS) is 15.5. The number of rotatable bonds is 4. The van der Waals surface area contributed by atoms with Crippen LogP contribution in [0, 0.1) is 5.92 Å². The molecule has 2 unspecified atom stereocenters. The number of hydrogen-bond acceptors (Lipinski definition) is 2. The molecule has 0 aromatic carbocycles. The maximum absolute atomic E-state index is 7.97. The highest BCUT2D eigenvalue weighted by atomic mass is 15.1. The van der Waals surface area contributed by atoms with Crippen LogP contribution in [0.3, 0.4) is 0 Å². The van der Waals surface area contributed by atoms with Gasteiger partial charge in [-0.15, -0.1) is 0 Å². The van der Waals surface area contributed by atoms with Gasteiger partial charge in [0.2, 0.25) is 0 Å². The van der Waals surface area contributed by atoms with Crippen molar-refractivity contribution in [3.63, 3.8) is 0 Å². The van der Waals surface area contributed by atoms with Gasteiger partial charge in [-0.2, -0.15) is 0 Å². The largest absolute Gasteiger partial charge is 0.327 e. The van der Waals surface area contributed by atoms with E-state index in [2.05, 4.69) is 23.9 Å². The van der Waals surface area contributed by atoms with E-state index in [1.54, 1.807) is 0 Å². The Labute approximate surface area is 61.0 Å². The Morgan fingerprint density at radius 2 is 2.30 bits per heavy atom. The van der Waals surface area contributed by atoms with Gasteiger partial charge in [0.15, 0.2) is 0 Å². The van der Waals surface area contributed by atoms with Gasteiger partial charge in [-0.3, -0.25) is 0 Å². The second kappa shape index (κ2) is 5.09. The molecule has 4 heteroatoms. The van der Waals surface area contributed by atoms with E-state index in [1.165, 1.54) is 0 Å². The minimum absolute atomic E-state index is 0.0147. The molecule has 0 heterocycles. The van der Waals surface area contributed by atoms with Gasteiger partial charge in [-0.1, -0.05) is 25.4 Å². The third kappa shape index (κ3) is 3.33. The lowest BCUT2D eigenvalue weighted by Gasteiger charge is -2.14. The van der Waals surface area contributed by atoms with Gasteiger partial charge in [-0.05, 0) is 11.4 Å². The summed E-state index contributed by atoms with van der Waals surface area (Å²) in [5.74, 6) is 0.436. The maximum atomic E-state index is 7.97. The molecule has 0 spiro atoms. The first-order valence-electron chi connectivity index (χ1n) is 3.48. The van der Waals surface area contributed by atoms with Gasteiger partial charge in [0.05, 0.1) is 0 Å². The highest BCUT2D eigenvalue weighted by Crippen LogP contribution is 2.04. The summed E-state index contributed by atoms with van der Waals surface area (Å²) < 4.78 is 0. The van der Waals surface area contributed by atoms with E-state index in [1.807, 2.05) is 0 Å². The van der Waals surface area contributed by atoms with Crippen LogP contribution < -0.4 is 5.73 Å². The first-order valence-corrected chi connectivity index (χ1v) is 3.48. The number of nitrogens with two attached hydrogens (primary N) is 1. The molecule has 2 atom stereocenters. The smallest absolute Gasteiger partial charge is 0.0412 e. The van der Waals surface area contributed by atoms with Crippen LogP contribution in [0.15, 0.2) is 5.11 Å². The monoisotopic (exact) mass is 142 g/mol. The van der Waals surface area contributed by atoms with Gasteiger partial charge in [0, 0.05) is 17.5 Å². The third-order valence-corrected chi connectivity index (χ3v) is 1.73. The van der Waals surface area contributed by atoms with Crippen molar-refractivity contribution in [3.05, 3.63) is 10.4 Å². The van der Waals surface area contributed by atoms with Crippen molar-refractivity contribution in [1.82, 2.24) is 0 Å². The molecule has 0 aliphatic rings. The molecule has 0 radical (unpaired) electrons. The third-order valence-electron chi connectivity index (χ3n) is 1.73. The van der Waals surface area contributed by atoms with Crippen molar-refractivity contribution in [2.24, 2.45) is 16.8 Å². The Morgan fingerprint density at radius 1 is 1.70 bits per heavy atom. The number of hydrogen-bond donors (Lipinski definition) is 1. The van der Waals surface area contributed by atoms with Crippen LogP contribution in [0.4, 0.5) is 0 Å². The topological polar surface area (TPSA) is 74.8 Å². The fourth-order valence-electron chi connectivity index (χ4n) is 0.613. The van der Waals surface area contributed by atoms with Crippen molar-refractivity contribution in [2.75, 3.05) is 6.54 Å². The lowest BCUT2D eigenvalue weighted by Crippen LogP contribution is -2.30. The maximum Gasteiger partial charge on any atom is 0.0412 e. The molecule has 0 aliphatic carbocycles. The fourth-order valence-corrected chi connectivity index (χ4v) is 0.613. The molecule has 2 N–H and O–H groups in total. The van der Waals surface area contributed by atoms with Crippen molar-refractivity contribution in [1.29, 1.82) is 0 Å². The van der Waals surface area contributed by atoms with Gasteiger partial charge >= 0.3 is 0 Å². The van der Waals surface area contributed by atoms with Crippen LogP contribution in [-0.2, 0) is 0 Å². The Morgan fingerprint density at radius 3 is 2.70 bits per heavy atom. The highest BCUT2D eigenvalue weighted by Gasteiger charge is 2.07. The molecule has 0 aromatic heterocycles. The quantitative estimate of drug-likeness (QED) is 0.362. The molecule has 0 saturated heterocycles. The van der Waals surface area contributed by atoms with Crippen LogP contribution in [0.5, 0.6) is 0 Å². The van der Waals surface area contributed by atoms with Crippen LogP contribution in [0.1, 0.15) is 20.3 Å². The molecule has 0 saturated carbocycles. The summed E-state index contributed by atoms with van der Waals surface area (Å²) in [6, 6.07) is 0.0147. The van der Waals surface area contributed by atoms with E-state index in [9.17, 15) is 0 Å². The molecule has 58 valence electrons. The predicted octanol–water partition coefficient (Wildman–Crippen LogP) is 1.67. The molecule has 0 bridgehead atoms. The Bertz CT molecular complexity index is 128. The zero-order valence-corrected chi connectivity index (χ0v) is 6.49. The average Bonchev–Trinajstić information content (AvgIpc) is 1.98. The summed E-state index contributed by atoms with van der Waals surface area (Å²) in [5.41, 5.74) is 13.6. The van der Waals surface area contributed by atoms with Crippen LogP contribution in [-0.4, -0.2) is 12.6 Å². The van der Waals surface area contributed by atoms with Crippen molar-refractivity contribution < 1.29 is 0 Å². The molecule has 4 nitrogen and oxygen atoms in total. The van der Waals surface area contributed by atoms with Crippen LogP contribution in [0.2, 0.25) is 0 Å². The molecule has 0 aromatic rings. The minimum Gasteiger partial charge on any atom is -0.327 e. The summed E-state index contributed by atoms with van der Waals surface area (Å²) in [7, 11) is 0. The lowest BCUT2D eigenvalue weighted by atomic mass is 10.0. The van der Waals surface area contributed by atoms with E-state index < -0.39 is 0 Å². The summed E-state index contributed by atoms with van der Waals surface area (Å²) in [6.45, 7) is 4.53. The zero-order chi connectivity index (χ0) is 7.98.